The first-order valence-electron chi connectivity index (χ1n) is 7.99. The molecule has 0 spiro atoms. The van der Waals surface area contributed by atoms with E-state index in [2.05, 4.69) is 44.7 Å². The first-order valence-corrected chi connectivity index (χ1v) is 9.53. The number of thiol groups is 2. The Balaban J connectivity index is 1.65. The molecular formula is C16H25NO2S3. The van der Waals surface area contributed by atoms with Gasteiger partial charge in [-0.1, -0.05) is 83.2 Å². The van der Waals surface area contributed by atoms with Crippen molar-refractivity contribution in [1.29, 1.82) is 0 Å². The minimum Gasteiger partial charge on any atom is -0.437 e. The van der Waals surface area contributed by atoms with E-state index in [4.69, 9.17) is 8.92 Å². The van der Waals surface area contributed by atoms with Gasteiger partial charge in [0.05, 0.1) is 12.0 Å². The fraction of sp³-hybridized carbons (Fsp3) is 0.625. The number of hydrogen-bond acceptors (Lipinski definition) is 6. The number of hydrogen-bond donors (Lipinski definition) is 2. The first-order chi connectivity index (χ1) is 10.7. The fourth-order valence-corrected chi connectivity index (χ4v) is 3.19. The van der Waals surface area contributed by atoms with E-state index in [1.165, 1.54) is 66.3 Å². The smallest absolute Gasteiger partial charge is 0.381 e. The monoisotopic (exact) mass is 359 g/mol. The van der Waals surface area contributed by atoms with E-state index in [9.17, 15) is 0 Å². The molecule has 0 saturated carbocycles. The topological polar surface area (TPSA) is 25.0 Å². The molecule has 0 N–H and O–H groups in total. The molecule has 1 heterocycles. The van der Waals surface area contributed by atoms with Crippen LogP contribution < -0.4 is 4.74 Å². The molecule has 1 fully saturated rings. The SMILES string of the molecule is CCCCCCCCCc1ccc(OC2(N(S)S)OS2)cc1. The zero-order valence-electron chi connectivity index (χ0n) is 13.0. The Kier molecular flexibility index (Phi) is 7.77. The Bertz CT molecular complexity index is 436. The van der Waals surface area contributed by atoms with Gasteiger partial charge in [0.25, 0.3) is 0 Å². The number of ether oxygens (including phenoxy) is 1. The zero-order valence-corrected chi connectivity index (χ0v) is 15.6. The second kappa shape index (κ2) is 9.33. The van der Waals surface area contributed by atoms with Crippen LogP contribution in [0.15, 0.2) is 24.3 Å². The number of nitrogens with zero attached hydrogens (tertiary/aromatic N) is 1. The van der Waals surface area contributed by atoms with E-state index < -0.39 is 5.24 Å². The van der Waals surface area contributed by atoms with Crippen molar-refractivity contribution in [2.24, 2.45) is 0 Å². The number of benzene rings is 1. The molecule has 1 aliphatic heterocycles. The maximum absolute atomic E-state index is 5.72. The predicted molar refractivity (Wildman–Crippen MR) is 100.0 cm³/mol. The lowest BCUT2D eigenvalue weighted by Crippen LogP contribution is -2.28. The number of unbranched alkanes of at least 4 members (excludes halogenated alkanes) is 6. The fourth-order valence-electron chi connectivity index (χ4n) is 2.34. The van der Waals surface area contributed by atoms with E-state index >= 15 is 0 Å². The maximum atomic E-state index is 5.72. The Labute approximate surface area is 149 Å². The first kappa shape index (κ1) is 18.3. The van der Waals surface area contributed by atoms with Crippen molar-refractivity contribution in [3.05, 3.63) is 29.8 Å². The molecule has 1 atom stereocenters. The summed E-state index contributed by atoms with van der Waals surface area (Å²) in [6.45, 7) is 2.26. The van der Waals surface area contributed by atoms with Gasteiger partial charge in [0.2, 0.25) is 0 Å². The van der Waals surface area contributed by atoms with Crippen LogP contribution in [0, 0.1) is 0 Å². The highest BCUT2D eigenvalue weighted by atomic mass is 32.2. The summed E-state index contributed by atoms with van der Waals surface area (Å²) in [5.41, 5.74) is 1.35. The van der Waals surface area contributed by atoms with Crippen LogP contribution in [0.1, 0.15) is 57.4 Å². The minimum absolute atomic E-state index is 0.765. The molecule has 1 aromatic rings. The third-order valence-electron chi connectivity index (χ3n) is 3.71. The Morgan fingerprint density at radius 3 is 2.18 bits per heavy atom. The largest absolute Gasteiger partial charge is 0.437 e. The lowest BCUT2D eigenvalue weighted by molar-refractivity contribution is 0.0149. The van der Waals surface area contributed by atoms with Crippen LogP contribution >= 0.6 is 37.7 Å². The molecule has 124 valence electrons. The van der Waals surface area contributed by atoms with Crippen LogP contribution in [0.5, 0.6) is 5.75 Å². The Morgan fingerprint density at radius 1 is 1.05 bits per heavy atom. The molecule has 0 aliphatic carbocycles. The summed E-state index contributed by atoms with van der Waals surface area (Å²) in [7, 11) is 0. The van der Waals surface area contributed by atoms with E-state index in [0.717, 1.165) is 12.2 Å². The Morgan fingerprint density at radius 2 is 1.64 bits per heavy atom. The van der Waals surface area contributed by atoms with E-state index in [-0.39, 0.29) is 0 Å². The van der Waals surface area contributed by atoms with Crippen LogP contribution in [0.2, 0.25) is 0 Å². The molecule has 22 heavy (non-hydrogen) atoms. The zero-order chi connectivity index (χ0) is 15.8. The van der Waals surface area contributed by atoms with E-state index in [1.807, 2.05) is 12.1 Å². The normalized spacial score (nSPS) is 20.4. The summed E-state index contributed by atoms with van der Waals surface area (Å²) in [4.78, 5) is 0. The van der Waals surface area contributed by atoms with Gasteiger partial charge in [0, 0.05) is 0 Å². The molecule has 0 aromatic heterocycles. The summed E-state index contributed by atoms with van der Waals surface area (Å²) in [6.07, 6.45) is 10.5. The van der Waals surface area contributed by atoms with Gasteiger partial charge in [0.1, 0.15) is 5.75 Å². The molecule has 3 nitrogen and oxygen atoms in total. The van der Waals surface area contributed by atoms with Gasteiger partial charge >= 0.3 is 5.24 Å². The van der Waals surface area contributed by atoms with Crippen molar-refractivity contribution in [3.8, 4) is 5.75 Å². The second-order valence-electron chi connectivity index (χ2n) is 5.60. The third kappa shape index (κ3) is 5.89. The average Bonchev–Trinajstić information content (AvgIpc) is 3.29. The van der Waals surface area contributed by atoms with Crippen molar-refractivity contribution in [2.45, 2.75) is 63.5 Å². The summed E-state index contributed by atoms with van der Waals surface area (Å²) in [5.74, 6) is 0.765. The average molecular weight is 360 g/mol. The highest BCUT2D eigenvalue weighted by Crippen LogP contribution is 2.52. The third-order valence-corrected chi connectivity index (χ3v) is 5.22. The highest BCUT2D eigenvalue weighted by molar-refractivity contribution is 8.03. The van der Waals surface area contributed by atoms with Gasteiger partial charge in [-0.25, -0.2) is 4.18 Å². The predicted octanol–water partition coefficient (Wildman–Crippen LogP) is 5.64. The highest BCUT2D eigenvalue weighted by Gasteiger charge is 2.56. The van der Waals surface area contributed by atoms with Crippen LogP contribution in [0.3, 0.4) is 0 Å². The number of rotatable bonds is 11. The number of aryl methyl sites for hydroxylation is 1. The van der Waals surface area contributed by atoms with Crippen molar-refractivity contribution in [1.82, 2.24) is 3.71 Å². The van der Waals surface area contributed by atoms with Crippen molar-refractivity contribution >= 4 is 37.7 Å². The van der Waals surface area contributed by atoms with Crippen LogP contribution in [-0.2, 0) is 10.6 Å². The second-order valence-corrected chi connectivity index (χ2v) is 7.56. The molecule has 1 aromatic carbocycles. The summed E-state index contributed by atoms with van der Waals surface area (Å²) >= 11 is 9.41. The van der Waals surface area contributed by atoms with E-state index in [1.54, 1.807) is 0 Å². The van der Waals surface area contributed by atoms with Crippen molar-refractivity contribution < 1.29 is 8.92 Å². The van der Waals surface area contributed by atoms with Gasteiger partial charge in [-0.05, 0) is 30.5 Å². The van der Waals surface area contributed by atoms with Crippen LogP contribution in [0.4, 0.5) is 0 Å². The summed E-state index contributed by atoms with van der Waals surface area (Å²) < 4.78 is 12.2. The maximum Gasteiger partial charge on any atom is 0.381 e. The quantitative estimate of drug-likeness (QED) is 0.176. The minimum atomic E-state index is -0.883. The summed E-state index contributed by atoms with van der Waals surface area (Å²) in [5, 5.41) is -0.883. The van der Waals surface area contributed by atoms with Gasteiger partial charge in [-0.3, -0.25) is 0 Å². The van der Waals surface area contributed by atoms with Gasteiger partial charge in [-0.2, -0.15) is 0 Å². The molecule has 2 rings (SSSR count). The molecule has 0 bridgehead atoms. The molecule has 1 aliphatic rings. The molecular weight excluding hydrogens is 334 g/mol. The Hall–Kier alpha value is -0.0100. The van der Waals surface area contributed by atoms with Crippen molar-refractivity contribution in [3.63, 3.8) is 0 Å². The van der Waals surface area contributed by atoms with Crippen LogP contribution in [0.25, 0.3) is 0 Å². The molecule has 0 radical (unpaired) electrons. The van der Waals surface area contributed by atoms with Gasteiger partial charge < -0.3 is 4.74 Å². The van der Waals surface area contributed by atoms with E-state index in [0.29, 0.717) is 0 Å². The van der Waals surface area contributed by atoms with Gasteiger partial charge in [0.15, 0.2) is 0 Å². The molecule has 1 saturated heterocycles. The van der Waals surface area contributed by atoms with Gasteiger partial charge in [-0.15, -0.1) is 3.71 Å². The standard InChI is InChI=1S/C16H25NO2S3/c1-2-3-4-5-6-7-8-9-14-10-12-15(13-11-14)18-16(17(20)21)19-22-16/h10-13,20-21H,2-9H2,1H3. The molecule has 0 amide bonds. The lowest BCUT2D eigenvalue weighted by Gasteiger charge is -2.16. The molecule has 6 heteroatoms. The van der Waals surface area contributed by atoms with Crippen LogP contribution in [-0.4, -0.2) is 8.95 Å². The molecule has 1 unspecified atom stereocenters. The van der Waals surface area contributed by atoms with Crippen molar-refractivity contribution in [2.75, 3.05) is 0 Å². The lowest BCUT2D eigenvalue weighted by atomic mass is 10.0. The summed E-state index contributed by atoms with van der Waals surface area (Å²) in [6, 6.07) is 8.19.